The van der Waals surface area contributed by atoms with Crippen LogP contribution in [0, 0.1) is 13.8 Å². The van der Waals surface area contributed by atoms with Gasteiger partial charge in [0.05, 0.1) is 5.75 Å². The summed E-state index contributed by atoms with van der Waals surface area (Å²) in [6.07, 6.45) is 3.71. The largest absolute Gasteiger partial charge is 0.339 e. The summed E-state index contributed by atoms with van der Waals surface area (Å²) in [6, 6.07) is 10.5. The number of nitrogens with zero attached hydrogens (tertiary/aromatic N) is 3. The third-order valence-corrected chi connectivity index (χ3v) is 5.69. The van der Waals surface area contributed by atoms with Gasteiger partial charge >= 0.3 is 0 Å². The number of benzene rings is 1. The molecule has 0 N–H and O–H groups in total. The molecule has 0 unspecified atom stereocenters. The Morgan fingerprint density at radius 3 is 2.68 bits per heavy atom. The van der Waals surface area contributed by atoms with Crippen molar-refractivity contribution in [3.05, 3.63) is 59.4 Å². The van der Waals surface area contributed by atoms with Gasteiger partial charge in [-0.1, -0.05) is 23.8 Å². The molecule has 0 aliphatic carbocycles. The van der Waals surface area contributed by atoms with Crippen molar-refractivity contribution >= 4 is 17.7 Å². The van der Waals surface area contributed by atoms with E-state index in [0.717, 1.165) is 32.7 Å². The van der Waals surface area contributed by atoms with Crippen molar-refractivity contribution < 1.29 is 4.79 Å². The summed E-state index contributed by atoms with van der Waals surface area (Å²) in [5.74, 6) is 0.763. The van der Waals surface area contributed by atoms with E-state index in [2.05, 4.69) is 48.0 Å². The second kappa shape index (κ2) is 8.50. The van der Waals surface area contributed by atoms with Crippen LogP contribution in [0.15, 0.2) is 47.6 Å². The zero-order valence-corrected chi connectivity index (χ0v) is 15.8. The highest BCUT2D eigenvalue weighted by Crippen LogP contribution is 2.24. The molecule has 1 aliphatic rings. The average molecular weight is 356 g/mol. The van der Waals surface area contributed by atoms with Gasteiger partial charge in [-0.05, 0) is 37.1 Å². The number of carbonyl (C=O) groups excluding carboxylic acids is 1. The number of carbonyl (C=O) groups is 1. The molecule has 0 atom stereocenters. The fourth-order valence-electron chi connectivity index (χ4n) is 3.00. The van der Waals surface area contributed by atoms with Gasteiger partial charge in [0.1, 0.15) is 0 Å². The summed E-state index contributed by atoms with van der Waals surface area (Å²) in [5.41, 5.74) is 3.71. The van der Waals surface area contributed by atoms with E-state index < -0.39 is 0 Å². The Balaban J connectivity index is 1.46. The molecule has 0 bridgehead atoms. The van der Waals surface area contributed by atoms with Crippen molar-refractivity contribution in [2.24, 2.45) is 0 Å². The van der Waals surface area contributed by atoms with Crippen molar-refractivity contribution in [3.8, 4) is 0 Å². The number of hydrogen-bond acceptors (Lipinski definition) is 4. The van der Waals surface area contributed by atoms with Gasteiger partial charge in [-0.25, -0.2) is 0 Å². The lowest BCUT2D eigenvalue weighted by Crippen LogP contribution is -2.48. The molecule has 1 aromatic carbocycles. The summed E-state index contributed by atoms with van der Waals surface area (Å²) >= 11 is 1.65. The third kappa shape index (κ3) is 5.06. The van der Waals surface area contributed by atoms with Crippen molar-refractivity contribution in [1.29, 1.82) is 0 Å². The molecule has 1 amide bonds. The van der Waals surface area contributed by atoms with Gasteiger partial charge in [-0.15, -0.1) is 11.8 Å². The van der Waals surface area contributed by atoms with Gasteiger partial charge in [0, 0.05) is 50.0 Å². The van der Waals surface area contributed by atoms with Crippen molar-refractivity contribution in [2.45, 2.75) is 25.3 Å². The molecule has 0 spiro atoms. The fourth-order valence-corrected chi connectivity index (χ4v) is 4.03. The summed E-state index contributed by atoms with van der Waals surface area (Å²) < 4.78 is 0. The second-order valence-electron chi connectivity index (χ2n) is 6.58. The van der Waals surface area contributed by atoms with Gasteiger partial charge < -0.3 is 4.90 Å². The summed E-state index contributed by atoms with van der Waals surface area (Å²) in [6.45, 7) is 8.58. The van der Waals surface area contributed by atoms with Gasteiger partial charge in [-0.3, -0.25) is 14.7 Å². The molecule has 5 heteroatoms. The molecule has 2 aromatic rings. The van der Waals surface area contributed by atoms with Gasteiger partial charge in [0.2, 0.25) is 5.91 Å². The van der Waals surface area contributed by atoms with Crippen LogP contribution in [0.1, 0.15) is 16.7 Å². The molecule has 1 fully saturated rings. The van der Waals surface area contributed by atoms with Crippen LogP contribution >= 0.6 is 11.8 Å². The van der Waals surface area contributed by atoms with Crippen LogP contribution in [0.25, 0.3) is 0 Å². The Hall–Kier alpha value is -1.85. The number of thioether (sulfide) groups is 1. The Kier molecular flexibility index (Phi) is 6.10. The highest BCUT2D eigenvalue weighted by molar-refractivity contribution is 8.00. The van der Waals surface area contributed by atoms with Gasteiger partial charge in [-0.2, -0.15) is 0 Å². The van der Waals surface area contributed by atoms with E-state index in [9.17, 15) is 4.79 Å². The number of hydrogen-bond donors (Lipinski definition) is 0. The normalized spacial score (nSPS) is 15.4. The van der Waals surface area contributed by atoms with E-state index in [1.165, 1.54) is 21.6 Å². The molecule has 2 heterocycles. The molecule has 0 radical (unpaired) electrons. The maximum Gasteiger partial charge on any atom is 0.233 e. The van der Waals surface area contributed by atoms with Crippen LogP contribution in [-0.2, 0) is 11.3 Å². The minimum Gasteiger partial charge on any atom is -0.339 e. The number of pyridine rings is 1. The number of rotatable bonds is 5. The van der Waals surface area contributed by atoms with E-state index >= 15 is 0 Å². The smallest absolute Gasteiger partial charge is 0.233 e. The molecule has 1 saturated heterocycles. The zero-order chi connectivity index (χ0) is 17.6. The molecule has 4 nitrogen and oxygen atoms in total. The molecule has 1 aromatic heterocycles. The topological polar surface area (TPSA) is 36.4 Å². The van der Waals surface area contributed by atoms with Crippen molar-refractivity contribution in [3.63, 3.8) is 0 Å². The number of amides is 1. The Labute approximate surface area is 154 Å². The molecule has 0 saturated carbocycles. The quantitative estimate of drug-likeness (QED) is 0.772. The summed E-state index contributed by atoms with van der Waals surface area (Å²) in [5, 5.41) is 0. The van der Waals surface area contributed by atoms with Gasteiger partial charge in [0.25, 0.3) is 0 Å². The molecular weight excluding hydrogens is 330 g/mol. The Bertz CT molecular complexity index is 712. The number of aryl methyl sites for hydroxylation is 2. The monoisotopic (exact) mass is 355 g/mol. The predicted molar refractivity (Wildman–Crippen MR) is 103 cm³/mol. The standard InChI is InChI=1S/C20H25N3OS/c1-16-5-6-17(2)19(12-16)25-15-20(24)23-10-8-22(9-11-23)14-18-4-3-7-21-13-18/h3-7,12-13H,8-11,14-15H2,1-2H3. The third-order valence-electron chi connectivity index (χ3n) is 4.55. The van der Waals surface area contributed by atoms with E-state index in [-0.39, 0.29) is 5.91 Å². The lowest BCUT2D eigenvalue weighted by molar-refractivity contribution is -0.130. The summed E-state index contributed by atoms with van der Waals surface area (Å²) in [4.78, 5) is 22.3. The maximum absolute atomic E-state index is 12.5. The highest BCUT2D eigenvalue weighted by Gasteiger charge is 2.21. The zero-order valence-electron chi connectivity index (χ0n) is 14.9. The van der Waals surface area contributed by atoms with E-state index in [1.807, 2.05) is 17.2 Å². The van der Waals surface area contributed by atoms with Crippen LogP contribution in [-0.4, -0.2) is 52.6 Å². The Morgan fingerprint density at radius 2 is 1.96 bits per heavy atom. The lowest BCUT2D eigenvalue weighted by atomic mass is 10.2. The van der Waals surface area contributed by atoms with Crippen LogP contribution in [0.2, 0.25) is 0 Å². The summed E-state index contributed by atoms with van der Waals surface area (Å²) in [7, 11) is 0. The first-order valence-corrected chi connectivity index (χ1v) is 9.69. The van der Waals surface area contributed by atoms with Crippen molar-refractivity contribution in [2.75, 3.05) is 31.9 Å². The molecular formula is C20H25N3OS. The fraction of sp³-hybridized carbons (Fsp3) is 0.400. The molecule has 132 valence electrons. The van der Waals surface area contributed by atoms with Crippen LogP contribution < -0.4 is 0 Å². The maximum atomic E-state index is 12.5. The number of piperazine rings is 1. The first-order valence-electron chi connectivity index (χ1n) is 8.71. The second-order valence-corrected chi connectivity index (χ2v) is 7.59. The van der Waals surface area contributed by atoms with Crippen molar-refractivity contribution in [1.82, 2.24) is 14.8 Å². The highest BCUT2D eigenvalue weighted by atomic mass is 32.2. The molecule has 1 aliphatic heterocycles. The minimum atomic E-state index is 0.243. The Morgan fingerprint density at radius 1 is 1.16 bits per heavy atom. The first kappa shape index (κ1) is 18.0. The van der Waals surface area contributed by atoms with Crippen LogP contribution in [0.4, 0.5) is 0 Å². The predicted octanol–water partition coefficient (Wildman–Crippen LogP) is 3.13. The van der Waals surface area contributed by atoms with Crippen LogP contribution in [0.5, 0.6) is 0 Å². The minimum absolute atomic E-state index is 0.243. The average Bonchev–Trinajstić information content (AvgIpc) is 2.64. The van der Waals surface area contributed by atoms with E-state index in [1.54, 1.807) is 18.0 Å². The molecule has 3 rings (SSSR count). The van der Waals surface area contributed by atoms with Gasteiger partial charge in [0.15, 0.2) is 0 Å². The van der Waals surface area contributed by atoms with Crippen LogP contribution in [0.3, 0.4) is 0 Å². The first-order chi connectivity index (χ1) is 12.1. The van der Waals surface area contributed by atoms with E-state index in [4.69, 9.17) is 0 Å². The molecule has 25 heavy (non-hydrogen) atoms. The number of aromatic nitrogens is 1. The van der Waals surface area contributed by atoms with E-state index in [0.29, 0.717) is 5.75 Å². The lowest BCUT2D eigenvalue weighted by Gasteiger charge is -2.34. The SMILES string of the molecule is Cc1ccc(C)c(SCC(=O)N2CCN(Cc3cccnc3)CC2)c1.